The maximum atomic E-state index is 13.9. The quantitative estimate of drug-likeness (QED) is 0.155. The molecule has 268 valence electrons. The predicted molar refractivity (Wildman–Crippen MR) is 173 cm³/mol. The van der Waals surface area contributed by atoms with Gasteiger partial charge < -0.3 is 49.8 Å². The molecule has 0 bridgehead atoms. The molecule has 0 spiro atoms. The molecule has 1 fully saturated rings. The third-order valence-corrected chi connectivity index (χ3v) is 10.0. The summed E-state index contributed by atoms with van der Waals surface area (Å²) in [6.45, 7) is 0.487. The molecule has 2 aromatic rings. The third-order valence-electron chi connectivity index (χ3n) is 10.0. The lowest BCUT2D eigenvalue weighted by Gasteiger charge is -2.42. The molecule has 1 saturated heterocycles. The average molecular weight is 696 g/mol. The Kier molecular flexibility index (Phi) is 10.0. The first-order chi connectivity index (χ1) is 23.9. The van der Waals surface area contributed by atoms with Crippen LogP contribution in [0.15, 0.2) is 30.4 Å². The van der Waals surface area contributed by atoms with Gasteiger partial charge in [0.1, 0.15) is 41.7 Å². The zero-order chi connectivity index (χ0) is 35.9. The molecular weight excluding hydrogens is 654 g/mol. The number of rotatable bonds is 7. The van der Waals surface area contributed by atoms with Gasteiger partial charge >= 0.3 is 6.09 Å². The highest BCUT2D eigenvalue weighted by Crippen LogP contribution is 2.52. The van der Waals surface area contributed by atoms with Gasteiger partial charge in [-0.3, -0.25) is 14.4 Å². The Morgan fingerprint density at radius 1 is 1.06 bits per heavy atom. The number of amides is 1. The van der Waals surface area contributed by atoms with E-state index < -0.39 is 108 Å². The predicted octanol–water partition coefficient (Wildman–Crippen LogP) is 2.66. The lowest BCUT2D eigenvalue weighted by molar-refractivity contribution is -0.249. The van der Waals surface area contributed by atoms with Crippen molar-refractivity contribution < 1.29 is 63.7 Å². The highest BCUT2D eigenvalue weighted by molar-refractivity contribution is 6.31. The zero-order valence-corrected chi connectivity index (χ0v) is 27.7. The van der Waals surface area contributed by atoms with Gasteiger partial charge in [0.25, 0.3) is 0 Å². The highest BCUT2D eigenvalue weighted by Gasteiger charge is 2.50. The van der Waals surface area contributed by atoms with Crippen LogP contribution in [0, 0.1) is 0 Å². The molecular formula is C36H41NO13. The van der Waals surface area contributed by atoms with Crippen molar-refractivity contribution in [3.63, 3.8) is 0 Å². The number of methoxy groups -OCH3 is 1. The van der Waals surface area contributed by atoms with E-state index in [1.807, 2.05) is 12.2 Å². The van der Waals surface area contributed by atoms with Gasteiger partial charge in [0, 0.05) is 36.0 Å². The minimum absolute atomic E-state index is 0.0737. The first kappa shape index (κ1) is 35.5. The van der Waals surface area contributed by atoms with Crippen LogP contribution in [0.2, 0.25) is 0 Å². The van der Waals surface area contributed by atoms with Gasteiger partial charge in [-0.25, -0.2) is 4.79 Å². The molecule has 6 rings (SSSR count). The lowest BCUT2D eigenvalue weighted by Crippen LogP contribution is -2.56. The number of ketones is 3. The number of hydrogen-bond donors (Lipinski definition) is 6. The van der Waals surface area contributed by atoms with Crippen molar-refractivity contribution in [2.45, 2.75) is 101 Å². The zero-order valence-electron chi connectivity index (χ0n) is 27.7. The normalized spacial score (nSPS) is 29.8. The van der Waals surface area contributed by atoms with Crippen molar-refractivity contribution in [1.82, 2.24) is 5.32 Å². The van der Waals surface area contributed by atoms with Gasteiger partial charge in [-0.05, 0) is 44.7 Å². The Morgan fingerprint density at radius 2 is 1.82 bits per heavy atom. The van der Waals surface area contributed by atoms with Crippen LogP contribution in [-0.2, 0) is 25.4 Å². The van der Waals surface area contributed by atoms with E-state index in [1.165, 1.54) is 25.3 Å². The van der Waals surface area contributed by atoms with Crippen LogP contribution in [-0.4, -0.2) is 98.9 Å². The highest BCUT2D eigenvalue weighted by atomic mass is 16.7. The van der Waals surface area contributed by atoms with Crippen LogP contribution >= 0.6 is 0 Å². The van der Waals surface area contributed by atoms with Crippen molar-refractivity contribution in [2.75, 3.05) is 13.7 Å². The van der Waals surface area contributed by atoms with E-state index in [2.05, 4.69) is 5.32 Å². The number of allylic oxidation sites excluding steroid dienone is 1. The Hall–Kier alpha value is -4.34. The van der Waals surface area contributed by atoms with Crippen LogP contribution in [0.3, 0.4) is 0 Å². The van der Waals surface area contributed by atoms with Crippen LogP contribution in [0.25, 0.3) is 0 Å². The Labute approximate surface area is 287 Å². The Balaban J connectivity index is 1.33. The lowest BCUT2D eigenvalue weighted by atomic mass is 9.72. The molecule has 0 saturated carbocycles. The molecule has 0 aromatic heterocycles. The molecule has 1 heterocycles. The molecule has 14 heteroatoms. The molecule has 3 aliphatic carbocycles. The molecule has 0 radical (unpaired) electrons. The number of aliphatic hydroxyl groups excluding tert-OH is 2. The average Bonchev–Trinajstić information content (AvgIpc) is 3.07. The Morgan fingerprint density at radius 3 is 2.56 bits per heavy atom. The molecule has 1 aliphatic heterocycles. The SMILES string of the molecule is COc1cccc2c1C(=O)c1c(O)c3c(c(O)c1C2=O)C[C@@](O)(C(=O)CO)C[C@@H]3O[C@H]1C[C@@H](NC(=O)O[C@H]2/C=C/CCCCC2)[C@H](O)C(C)O1. The second kappa shape index (κ2) is 14.1. The number of aromatic hydroxyl groups is 2. The van der Waals surface area contributed by atoms with Crippen LogP contribution in [0.4, 0.5) is 4.79 Å². The van der Waals surface area contributed by atoms with Gasteiger partial charge in [-0.2, -0.15) is 0 Å². The van der Waals surface area contributed by atoms with Crippen molar-refractivity contribution in [2.24, 2.45) is 0 Å². The summed E-state index contributed by atoms with van der Waals surface area (Å²) >= 11 is 0. The van der Waals surface area contributed by atoms with Gasteiger partial charge in [-0.15, -0.1) is 0 Å². The van der Waals surface area contributed by atoms with Crippen LogP contribution in [0.1, 0.15) is 101 Å². The van der Waals surface area contributed by atoms with Crippen molar-refractivity contribution in [1.29, 1.82) is 0 Å². The number of Topliss-reactive ketones (excluding diaryl/α,β-unsaturated/α-hetero) is 1. The van der Waals surface area contributed by atoms with Crippen LogP contribution < -0.4 is 10.1 Å². The molecule has 2 aromatic carbocycles. The van der Waals surface area contributed by atoms with Gasteiger partial charge in [0.05, 0.1) is 42.0 Å². The molecule has 50 heavy (non-hydrogen) atoms. The first-order valence-corrected chi connectivity index (χ1v) is 16.7. The summed E-state index contributed by atoms with van der Waals surface area (Å²) < 4.78 is 23.0. The fourth-order valence-electron chi connectivity index (χ4n) is 7.41. The Bertz CT molecular complexity index is 1740. The topological polar surface area (TPSA) is 218 Å². The largest absolute Gasteiger partial charge is 0.507 e. The van der Waals surface area contributed by atoms with Crippen molar-refractivity contribution in [3.05, 3.63) is 63.7 Å². The number of alkyl carbamates (subject to hydrolysis) is 1. The van der Waals surface area contributed by atoms with E-state index in [-0.39, 0.29) is 34.4 Å². The monoisotopic (exact) mass is 695 g/mol. The number of fused-ring (bicyclic) bond motifs is 3. The summed E-state index contributed by atoms with van der Waals surface area (Å²) in [7, 11) is 1.31. The second-order valence-corrected chi connectivity index (χ2v) is 13.3. The summed E-state index contributed by atoms with van der Waals surface area (Å²) in [5, 5.41) is 58.1. The second-order valence-electron chi connectivity index (χ2n) is 13.3. The third kappa shape index (κ3) is 6.37. The van der Waals surface area contributed by atoms with E-state index in [1.54, 1.807) is 6.92 Å². The summed E-state index contributed by atoms with van der Waals surface area (Å²) in [5.74, 6) is -3.98. The van der Waals surface area contributed by atoms with Gasteiger partial charge in [-0.1, -0.05) is 24.6 Å². The number of aliphatic hydroxyl groups is 3. The minimum Gasteiger partial charge on any atom is -0.507 e. The molecule has 14 nitrogen and oxygen atoms in total. The molecule has 6 N–H and O–H groups in total. The fraction of sp³-hybridized carbons (Fsp3) is 0.500. The minimum atomic E-state index is -2.32. The van der Waals surface area contributed by atoms with E-state index in [0.717, 1.165) is 25.7 Å². The summed E-state index contributed by atoms with van der Waals surface area (Å²) in [6, 6.07) is 3.41. The van der Waals surface area contributed by atoms with E-state index in [9.17, 15) is 44.7 Å². The van der Waals surface area contributed by atoms with Gasteiger partial charge in [0.15, 0.2) is 17.9 Å². The molecule has 1 amide bonds. The number of hydrogen-bond acceptors (Lipinski definition) is 13. The van der Waals surface area contributed by atoms with E-state index in [0.29, 0.717) is 6.42 Å². The van der Waals surface area contributed by atoms with Gasteiger partial charge in [0.2, 0.25) is 5.78 Å². The van der Waals surface area contributed by atoms with Crippen LogP contribution in [0.5, 0.6) is 17.2 Å². The number of carbonyl (C=O) groups excluding carboxylic acids is 4. The van der Waals surface area contributed by atoms with Crippen molar-refractivity contribution in [3.8, 4) is 17.2 Å². The first-order valence-electron chi connectivity index (χ1n) is 16.7. The molecule has 1 unspecified atom stereocenters. The van der Waals surface area contributed by atoms with E-state index >= 15 is 0 Å². The summed E-state index contributed by atoms with van der Waals surface area (Å²) in [6.07, 6.45) is 1.13. The summed E-state index contributed by atoms with van der Waals surface area (Å²) in [5.41, 5.74) is -3.93. The number of ether oxygens (including phenoxy) is 4. The van der Waals surface area contributed by atoms with E-state index in [4.69, 9.17) is 18.9 Å². The fourth-order valence-corrected chi connectivity index (χ4v) is 7.41. The number of carbonyl (C=O) groups is 4. The number of benzene rings is 2. The molecule has 7 atom stereocenters. The van der Waals surface area contributed by atoms with Crippen molar-refractivity contribution >= 4 is 23.4 Å². The standard InChI is InChI=1S/C36H41NO13/c1-17-30(40)21(37-35(45)49-18-9-6-4-3-5-7-10-18)13-25(48-17)50-23-15-36(46,24(39)16-38)14-20-27(23)34(44)29-28(32(20)42)31(41)19-11-8-12-22(47-2)26(19)33(29)43/h6,8-9,11-12,17-18,21,23,25,30,38,40,42,44,46H,3-5,7,10,13-16H2,1-2H3,(H,37,45)/b9-6+/t17?,18-,21+,23-,25-,30+,36-/m0/s1. The maximum absolute atomic E-state index is 13.9. The smallest absolute Gasteiger partial charge is 0.408 e. The number of phenols is 2. The number of phenolic OH excluding ortho intramolecular Hbond substituents is 2. The number of nitrogens with one attached hydrogen (secondary N) is 1. The maximum Gasteiger partial charge on any atom is 0.408 e. The molecule has 4 aliphatic rings. The summed E-state index contributed by atoms with van der Waals surface area (Å²) in [4.78, 5) is 53.4.